The zero-order valence-corrected chi connectivity index (χ0v) is 14.4. The van der Waals surface area contributed by atoms with Gasteiger partial charge in [-0.3, -0.25) is 19.7 Å². The third-order valence-corrected chi connectivity index (χ3v) is 3.93. The molecule has 1 saturated heterocycles. The molecular formula is C17H21N3O5. The minimum absolute atomic E-state index is 0.0243. The molecule has 0 aliphatic carbocycles. The molecule has 1 aromatic carbocycles. The molecule has 0 unspecified atom stereocenters. The lowest BCUT2D eigenvalue weighted by molar-refractivity contribution is -0.158. The van der Waals surface area contributed by atoms with Gasteiger partial charge in [-0.25, -0.2) is 4.79 Å². The van der Waals surface area contributed by atoms with Gasteiger partial charge in [-0.1, -0.05) is 17.7 Å². The second kappa shape index (κ2) is 7.78. The molecule has 1 heterocycles. The van der Waals surface area contributed by atoms with E-state index in [1.165, 1.54) is 18.9 Å². The Labute approximate surface area is 145 Å². The van der Waals surface area contributed by atoms with Crippen molar-refractivity contribution in [3.8, 4) is 0 Å². The van der Waals surface area contributed by atoms with Gasteiger partial charge in [-0.15, -0.1) is 0 Å². The van der Waals surface area contributed by atoms with Gasteiger partial charge in [-0.2, -0.15) is 0 Å². The summed E-state index contributed by atoms with van der Waals surface area (Å²) in [6.07, 6.45) is -1.11. The number of rotatable bonds is 4. The highest BCUT2D eigenvalue weighted by molar-refractivity contribution is 6.00. The van der Waals surface area contributed by atoms with E-state index in [-0.39, 0.29) is 18.9 Å². The molecule has 4 amide bonds. The molecule has 1 aliphatic heterocycles. The Bertz CT molecular complexity index is 686. The largest absolute Gasteiger partial charge is 0.452 e. The lowest BCUT2D eigenvalue weighted by Gasteiger charge is -2.18. The highest BCUT2D eigenvalue weighted by Crippen LogP contribution is 2.26. The van der Waals surface area contributed by atoms with Gasteiger partial charge in [-0.05, 0) is 26.0 Å². The summed E-state index contributed by atoms with van der Waals surface area (Å²) in [5.74, 6) is -2.19. The van der Waals surface area contributed by atoms with Crippen molar-refractivity contribution < 1.29 is 23.9 Å². The number of anilines is 1. The highest BCUT2D eigenvalue weighted by Gasteiger charge is 2.37. The Kier molecular flexibility index (Phi) is 5.74. The van der Waals surface area contributed by atoms with Crippen LogP contribution in [-0.2, 0) is 19.1 Å². The van der Waals surface area contributed by atoms with E-state index in [2.05, 4.69) is 5.32 Å². The number of nitrogens with zero attached hydrogens (tertiary/aromatic N) is 1. The molecule has 1 aromatic rings. The maximum Gasteiger partial charge on any atom is 0.321 e. The summed E-state index contributed by atoms with van der Waals surface area (Å²) in [6.45, 7) is 3.51. The number of carbonyl (C=O) groups is 4. The van der Waals surface area contributed by atoms with Gasteiger partial charge in [0.15, 0.2) is 6.10 Å². The number of carbonyl (C=O) groups excluding carboxylic acids is 4. The molecule has 0 saturated carbocycles. The van der Waals surface area contributed by atoms with Crippen LogP contribution >= 0.6 is 0 Å². The number of esters is 1. The van der Waals surface area contributed by atoms with Crippen molar-refractivity contribution in [2.45, 2.75) is 26.4 Å². The van der Waals surface area contributed by atoms with Crippen LogP contribution in [0.1, 0.15) is 18.9 Å². The minimum atomic E-state index is -1.13. The van der Waals surface area contributed by atoms with Crippen LogP contribution in [0.25, 0.3) is 0 Å². The van der Waals surface area contributed by atoms with E-state index in [4.69, 9.17) is 4.74 Å². The quantitative estimate of drug-likeness (QED) is 0.782. The van der Waals surface area contributed by atoms with Gasteiger partial charge >= 0.3 is 12.0 Å². The zero-order chi connectivity index (χ0) is 18.6. The molecule has 0 bridgehead atoms. The monoisotopic (exact) mass is 347 g/mol. The van der Waals surface area contributed by atoms with E-state index < -0.39 is 29.9 Å². The van der Waals surface area contributed by atoms with Gasteiger partial charge in [0.25, 0.3) is 5.91 Å². The summed E-state index contributed by atoms with van der Waals surface area (Å²) >= 11 is 0. The fourth-order valence-electron chi connectivity index (χ4n) is 2.44. The highest BCUT2D eigenvalue weighted by atomic mass is 16.5. The average molecular weight is 347 g/mol. The van der Waals surface area contributed by atoms with E-state index >= 15 is 0 Å². The SMILES string of the molecule is CNC(=O)NC(=O)[C@@H](C)OC(=O)[C@H]1CC(=O)N(c2ccc(C)cc2)C1. The van der Waals surface area contributed by atoms with Gasteiger partial charge < -0.3 is 15.0 Å². The first-order chi connectivity index (χ1) is 11.8. The van der Waals surface area contributed by atoms with Crippen molar-refractivity contribution in [2.24, 2.45) is 5.92 Å². The molecule has 2 atom stereocenters. The standard InChI is InChI=1S/C17H21N3O5/c1-10-4-6-13(7-5-10)20-9-12(8-14(20)21)16(23)25-11(2)15(22)19-17(24)18-3/h4-7,11-12H,8-9H2,1-3H3,(H2,18,19,22,24)/t11-,12+/m1/s1. The predicted molar refractivity (Wildman–Crippen MR) is 89.8 cm³/mol. The number of hydrogen-bond acceptors (Lipinski definition) is 5. The molecule has 1 aliphatic rings. The first-order valence-corrected chi connectivity index (χ1v) is 7.92. The van der Waals surface area contributed by atoms with E-state index in [0.717, 1.165) is 11.3 Å². The van der Waals surface area contributed by atoms with Crippen molar-refractivity contribution in [3.05, 3.63) is 29.8 Å². The molecule has 134 valence electrons. The Hall–Kier alpha value is -2.90. The molecule has 8 nitrogen and oxygen atoms in total. The first-order valence-electron chi connectivity index (χ1n) is 7.92. The van der Waals surface area contributed by atoms with Gasteiger partial charge in [0.2, 0.25) is 5.91 Å². The lowest BCUT2D eigenvalue weighted by atomic mass is 10.1. The fourth-order valence-corrected chi connectivity index (χ4v) is 2.44. The van der Waals surface area contributed by atoms with Gasteiger partial charge in [0, 0.05) is 25.7 Å². The summed E-state index contributed by atoms with van der Waals surface area (Å²) in [4.78, 5) is 48.7. The molecule has 0 aromatic heterocycles. The van der Waals surface area contributed by atoms with E-state index in [1.54, 1.807) is 0 Å². The Morgan fingerprint density at radius 3 is 2.48 bits per heavy atom. The second-order valence-corrected chi connectivity index (χ2v) is 5.89. The summed E-state index contributed by atoms with van der Waals surface area (Å²) in [6, 6.07) is 6.73. The minimum Gasteiger partial charge on any atom is -0.452 e. The summed E-state index contributed by atoms with van der Waals surface area (Å²) in [7, 11) is 1.36. The van der Waals surface area contributed by atoms with Crippen LogP contribution in [0.3, 0.4) is 0 Å². The third kappa shape index (κ3) is 4.56. The topological polar surface area (TPSA) is 105 Å². The van der Waals surface area contributed by atoms with Crippen molar-refractivity contribution in [1.82, 2.24) is 10.6 Å². The molecule has 2 rings (SSSR count). The number of urea groups is 1. The van der Waals surface area contributed by atoms with Crippen LogP contribution in [0.2, 0.25) is 0 Å². The number of aryl methyl sites for hydroxylation is 1. The van der Waals surface area contributed by atoms with Gasteiger partial charge in [0.1, 0.15) is 0 Å². The maximum atomic E-state index is 12.2. The Balaban J connectivity index is 1.94. The third-order valence-electron chi connectivity index (χ3n) is 3.93. The van der Waals surface area contributed by atoms with Crippen molar-refractivity contribution in [2.75, 3.05) is 18.5 Å². The number of amides is 4. The Morgan fingerprint density at radius 2 is 1.88 bits per heavy atom. The van der Waals surface area contributed by atoms with Crippen LogP contribution < -0.4 is 15.5 Å². The number of hydrogen-bond donors (Lipinski definition) is 2. The maximum absolute atomic E-state index is 12.2. The van der Waals surface area contributed by atoms with Crippen molar-refractivity contribution in [3.63, 3.8) is 0 Å². The zero-order valence-electron chi connectivity index (χ0n) is 14.4. The normalized spacial score (nSPS) is 17.8. The number of benzene rings is 1. The van der Waals surface area contributed by atoms with E-state index in [1.807, 2.05) is 36.5 Å². The first kappa shape index (κ1) is 18.4. The fraction of sp³-hybridized carbons (Fsp3) is 0.412. The van der Waals surface area contributed by atoms with Crippen molar-refractivity contribution in [1.29, 1.82) is 0 Å². The molecule has 0 radical (unpaired) electrons. The van der Waals surface area contributed by atoms with Crippen LogP contribution in [0, 0.1) is 12.8 Å². The molecule has 2 N–H and O–H groups in total. The van der Waals surface area contributed by atoms with E-state index in [0.29, 0.717) is 0 Å². The van der Waals surface area contributed by atoms with Crippen LogP contribution in [0.4, 0.5) is 10.5 Å². The summed E-state index contributed by atoms with van der Waals surface area (Å²) in [5, 5.41) is 4.26. The van der Waals surface area contributed by atoms with Crippen LogP contribution in [0.15, 0.2) is 24.3 Å². The van der Waals surface area contributed by atoms with E-state index in [9.17, 15) is 19.2 Å². The second-order valence-electron chi connectivity index (χ2n) is 5.89. The van der Waals surface area contributed by atoms with Crippen molar-refractivity contribution >= 4 is 29.5 Å². The summed E-state index contributed by atoms with van der Waals surface area (Å²) < 4.78 is 5.08. The predicted octanol–water partition coefficient (Wildman–Crippen LogP) is 0.735. The number of nitrogens with one attached hydrogen (secondary N) is 2. The number of imide groups is 1. The van der Waals surface area contributed by atoms with Crippen LogP contribution in [0.5, 0.6) is 0 Å². The molecule has 25 heavy (non-hydrogen) atoms. The number of ether oxygens (including phenoxy) is 1. The van der Waals surface area contributed by atoms with Crippen LogP contribution in [-0.4, -0.2) is 43.5 Å². The summed E-state index contributed by atoms with van der Waals surface area (Å²) in [5.41, 5.74) is 1.79. The smallest absolute Gasteiger partial charge is 0.321 e. The molecule has 8 heteroatoms. The lowest BCUT2D eigenvalue weighted by Crippen LogP contribution is -2.44. The Morgan fingerprint density at radius 1 is 1.24 bits per heavy atom. The molecule has 1 fully saturated rings. The van der Waals surface area contributed by atoms with Gasteiger partial charge in [0.05, 0.1) is 5.92 Å². The molecular weight excluding hydrogens is 326 g/mol. The average Bonchev–Trinajstić information content (AvgIpc) is 2.97. The molecule has 0 spiro atoms.